The van der Waals surface area contributed by atoms with Crippen LogP contribution >= 0.6 is 24.0 Å². The van der Waals surface area contributed by atoms with Gasteiger partial charge >= 0.3 is 11.9 Å². The standard InChI is InChI=1S/C14H17ClN2O4.ClH/c1-9(18)21-17-6-5-16-8-13(17)11-4-3-10(7-12(11)15)14(19)20-2;/h3-4,7,13,16H,5-6,8H2,1-2H3;1H. The number of methoxy groups -OCH3 is 1. The van der Waals surface area contributed by atoms with Gasteiger partial charge in [-0.15, -0.1) is 17.5 Å². The van der Waals surface area contributed by atoms with E-state index in [9.17, 15) is 9.59 Å². The van der Waals surface area contributed by atoms with E-state index in [0.717, 1.165) is 12.1 Å². The molecule has 22 heavy (non-hydrogen) atoms. The van der Waals surface area contributed by atoms with Crippen molar-refractivity contribution in [3.63, 3.8) is 0 Å². The van der Waals surface area contributed by atoms with Crippen molar-refractivity contribution in [2.75, 3.05) is 26.7 Å². The first kappa shape index (κ1) is 18.7. The third-order valence-corrected chi connectivity index (χ3v) is 3.55. The van der Waals surface area contributed by atoms with Crippen molar-refractivity contribution in [3.05, 3.63) is 34.3 Å². The molecule has 1 aromatic rings. The van der Waals surface area contributed by atoms with Crippen LogP contribution in [-0.2, 0) is 14.4 Å². The highest BCUT2D eigenvalue weighted by Gasteiger charge is 2.28. The number of nitrogens with one attached hydrogen (secondary N) is 1. The lowest BCUT2D eigenvalue weighted by molar-refractivity contribution is -0.204. The van der Waals surface area contributed by atoms with Gasteiger partial charge in [0.2, 0.25) is 0 Å². The fraction of sp³-hybridized carbons (Fsp3) is 0.429. The van der Waals surface area contributed by atoms with Crippen molar-refractivity contribution in [3.8, 4) is 0 Å². The maximum atomic E-state index is 11.5. The Morgan fingerprint density at radius 3 is 2.73 bits per heavy atom. The molecule has 8 heteroatoms. The topological polar surface area (TPSA) is 67.9 Å². The molecule has 0 bridgehead atoms. The van der Waals surface area contributed by atoms with Crippen LogP contribution in [0.4, 0.5) is 0 Å². The van der Waals surface area contributed by atoms with E-state index in [1.165, 1.54) is 14.0 Å². The monoisotopic (exact) mass is 348 g/mol. The largest absolute Gasteiger partial charge is 0.465 e. The number of carbonyl (C=O) groups excluding carboxylic acids is 2. The summed E-state index contributed by atoms with van der Waals surface area (Å²) in [5, 5.41) is 5.27. The van der Waals surface area contributed by atoms with Gasteiger partial charge in [-0.25, -0.2) is 4.79 Å². The molecule has 0 amide bonds. The van der Waals surface area contributed by atoms with Gasteiger partial charge in [-0.3, -0.25) is 4.79 Å². The fourth-order valence-corrected chi connectivity index (χ4v) is 2.57. The zero-order chi connectivity index (χ0) is 15.4. The summed E-state index contributed by atoms with van der Waals surface area (Å²) in [5.74, 6) is -0.814. The van der Waals surface area contributed by atoms with Crippen LogP contribution in [0.25, 0.3) is 0 Å². The zero-order valence-electron chi connectivity index (χ0n) is 12.3. The number of carbonyl (C=O) groups is 2. The smallest absolute Gasteiger partial charge is 0.337 e. The number of nitrogens with zero attached hydrogens (tertiary/aromatic N) is 1. The van der Waals surface area contributed by atoms with Gasteiger partial charge in [0.05, 0.1) is 18.7 Å². The molecule has 1 unspecified atom stereocenters. The van der Waals surface area contributed by atoms with Gasteiger partial charge in [-0.2, -0.15) is 0 Å². The number of esters is 1. The van der Waals surface area contributed by atoms with Crippen LogP contribution in [0.5, 0.6) is 0 Å². The Bertz CT molecular complexity index is 554. The minimum absolute atomic E-state index is 0. The van der Waals surface area contributed by atoms with Gasteiger partial charge in [0.25, 0.3) is 0 Å². The van der Waals surface area contributed by atoms with E-state index in [-0.39, 0.29) is 24.4 Å². The highest BCUT2D eigenvalue weighted by Crippen LogP contribution is 2.29. The molecule has 1 aliphatic heterocycles. The molecule has 1 N–H and O–H groups in total. The molecule has 6 nitrogen and oxygen atoms in total. The maximum absolute atomic E-state index is 11.5. The first-order valence-corrected chi connectivity index (χ1v) is 6.94. The summed E-state index contributed by atoms with van der Waals surface area (Å²) in [7, 11) is 1.32. The molecule has 0 aliphatic carbocycles. The average molecular weight is 349 g/mol. The van der Waals surface area contributed by atoms with Crippen molar-refractivity contribution in [2.24, 2.45) is 0 Å². The first-order valence-electron chi connectivity index (χ1n) is 6.56. The van der Waals surface area contributed by atoms with Crippen molar-refractivity contribution >= 4 is 35.9 Å². The van der Waals surface area contributed by atoms with Gasteiger partial charge in [-0.05, 0) is 17.7 Å². The second kappa shape index (κ2) is 8.33. The highest BCUT2D eigenvalue weighted by molar-refractivity contribution is 6.31. The van der Waals surface area contributed by atoms with E-state index >= 15 is 0 Å². The summed E-state index contributed by atoms with van der Waals surface area (Å²) in [6, 6.07) is 4.77. The summed E-state index contributed by atoms with van der Waals surface area (Å²) < 4.78 is 4.66. The van der Waals surface area contributed by atoms with Gasteiger partial charge < -0.3 is 14.9 Å². The molecule has 1 aromatic carbocycles. The maximum Gasteiger partial charge on any atom is 0.337 e. The number of halogens is 2. The van der Waals surface area contributed by atoms with E-state index in [1.54, 1.807) is 23.3 Å². The minimum Gasteiger partial charge on any atom is -0.465 e. The van der Waals surface area contributed by atoms with E-state index in [2.05, 4.69) is 10.1 Å². The van der Waals surface area contributed by atoms with Crippen LogP contribution in [0, 0.1) is 0 Å². The number of piperazine rings is 1. The van der Waals surface area contributed by atoms with Crippen LogP contribution in [0.15, 0.2) is 18.2 Å². The fourth-order valence-electron chi connectivity index (χ4n) is 2.27. The molecule has 122 valence electrons. The van der Waals surface area contributed by atoms with Crippen LogP contribution in [-0.4, -0.2) is 43.7 Å². The van der Waals surface area contributed by atoms with Crippen molar-refractivity contribution in [1.82, 2.24) is 10.4 Å². The minimum atomic E-state index is -0.443. The van der Waals surface area contributed by atoms with E-state index in [4.69, 9.17) is 16.4 Å². The van der Waals surface area contributed by atoms with E-state index in [1.807, 2.05) is 0 Å². The van der Waals surface area contributed by atoms with Gasteiger partial charge in [0, 0.05) is 31.6 Å². The highest BCUT2D eigenvalue weighted by atomic mass is 35.5. The SMILES string of the molecule is COC(=O)c1ccc(C2CNCCN2OC(C)=O)c(Cl)c1.Cl. The summed E-state index contributed by atoms with van der Waals surface area (Å²) in [5.41, 5.74) is 1.17. The zero-order valence-corrected chi connectivity index (χ0v) is 13.9. The van der Waals surface area contributed by atoms with Gasteiger partial charge in [-0.1, -0.05) is 17.7 Å². The Balaban J connectivity index is 0.00000242. The molecule has 1 aliphatic rings. The number of ether oxygens (including phenoxy) is 1. The molecule has 0 saturated carbocycles. The van der Waals surface area contributed by atoms with Crippen molar-refractivity contribution < 1.29 is 19.2 Å². The molecule has 0 aromatic heterocycles. The van der Waals surface area contributed by atoms with Crippen LogP contribution in [0.2, 0.25) is 5.02 Å². The molecule has 1 saturated heterocycles. The average Bonchev–Trinajstić information content (AvgIpc) is 2.46. The Hall–Kier alpha value is -1.34. The van der Waals surface area contributed by atoms with Crippen LogP contribution in [0.1, 0.15) is 28.9 Å². The molecule has 1 fully saturated rings. The van der Waals surface area contributed by atoms with Crippen molar-refractivity contribution in [2.45, 2.75) is 13.0 Å². The molecule has 2 rings (SSSR count). The Labute approximate surface area is 140 Å². The van der Waals surface area contributed by atoms with Crippen molar-refractivity contribution in [1.29, 1.82) is 0 Å². The number of hydrogen-bond acceptors (Lipinski definition) is 6. The summed E-state index contributed by atoms with van der Waals surface area (Å²) in [6.07, 6.45) is 0. The van der Waals surface area contributed by atoms with Gasteiger partial charge in [0.1, 0.15) is 0 Å². The predicted octanol–water partition coefficient (Wildman–Crippen LogP) is 1.97. The molecular formula is C14H18Cl2N2O4. The number of benzene rings is 1. The second-order valence-electron chi connectivity index (χ2n) is 4.67. The third-order valence-electron chi connectivity index (χ3n) is 3.22. The molecule has 0 radical (unpaired) electrons. The molecule has 0 spiro atoms. The van der Waals surface area contributed by atoms with Gasteiger partial charge in [0.15, 0.2) is 0 Å². The lowest BCUT2D eigenvalue weighted by atomic mass is 10.0. The Morgan fingerprint density at radius 2 is 2.14 bits per heavy atom. The third kappa shape index (κ3) is 4.33. The summed E-state index contributed by atoms with van der Waals surface area (Å²) >= 11 is 6.26. The summed E-state index contributed by atoms with van der Waals surface area (Å²) in [6.45, 7) is 3.26. The Morgan fingerprint density at radius 1 is 1.41 bits per heavy atom. The van der Waals surface area contributed by atoms with E-state index < -0.39 is 5.97 Å². The molecule has 1 heterocycles. The quantitative estimate of drug-likeness (QED) is 0.842. The van der Waals surface area contributed by atoms with E-state index in [0.29, 0.717) is 23.7 Å². The molecule has 1 atom stereocenters. The molecular weight excluding hydrogens is 331 g/mol. The van der Waals surface area contributed by atoms with Crippen LogP contribution < -0.4 is 5.32 Å². The first-order chi connectivity index (χ1) is 10.0. The number of rotatable bonds is 3. The number of hydrogen-bond donors (Lipinski definition) is 1. The Kier molecular flexibility index (Phi) is 7.09. The normalized spacial score (nSPS) is 18.2. The summed E-state index contributed by atoms with van der Waals surface area (Å²) in [4.78, 5) is 27.9. The number of hydroxylamine groups is 2. The second-order valence-corrected chi connectivity index (χ2v) is 5.08. The predicted molar refractivity (Wildman–Crippen MR) is 84.1 cm³/mol. The lowest BCUT2D eigenvalue weighted by Gasteiger charge is -2.34. The lowest BCUT2D eigenvalue weighted by Crippen LogP contribution is -2.46. The van der Waals surface area contributed by atoms with Crippen LogP contribution in [0.3, 0.4) is 0 Å².